The molecule has 2 aromatic rings. The van der Waals surface area contributed by atoms with Gasteiger partial charge in [-0.25, -0.2) is 0 Å². The van der Waals surface area contributed by atoms with E-state index in [1.807, 2.05) is 47.4 Å². The molecule has 2 aliphatic rings. The van der Waals surface area contributed by atoms with E-state index in [1.165, 1.54) is 0 Å². The molecule has 2 amide bonds. The Morgan fingerprint density at radius 2 is 1.76 bits per heavy atom. The number of carbonyl (C=O) groups is 2. The van der Waals surface area contributed by atoms with Crippen LogP contribution in [0.25, 0.3) is 10.8 Å². The Morgan fingerprint density at radius 1 is 1.03 bits per heavy atom. The van der Waals surface area contributed by atoms with Crippen LogP contribution in [-0.4, -0.2) is 48.4 Å². The topological polar surface area (TPSA) is 61.4 Å². The molecule has 0 spiro atoms. The number of carbonyl (C=O) groups excluding carboxylic acids is 2. The maximum Gasteiger partial charge on any atom is 0.254 e. The lowest BCUT2D eigenvalue weighted by molar-refractivity contribution is -0.127. The van der Waals surface area contributed by atoms with Crippen molar-refractivity contribution in [2.75, 3.05) is 19.6 Å². The van der Waals surface area contributed by atoms with Crippen LogP contribution in [0.5, 0.6) is 0 Å². The Bertz CT molecular complexity index is 859. The van der Waals surface area contributed by atoms with Gasteiger partial charge in [-0.3, -0.25) is 9.59 Å². The minimum Gasteiger partial charge on any atom is -0.353 e. The van der Waals surface area contributed by atoms with E-state index in [9.17, 15) is 9.59 Å². The number of rotatable bonds is 3. The molecule has 4 rings (SSSR count). The monoisotopic (exact) mass is 415 g/mol. The second-order valence-electron chi connectivity index (χ2n) is 8.18. The predicted octanol–water partition coefficient (Wildman–Crippen LogP) is 3.37. The number of benzene rings is 2. The molecule has 0 aliphatic carbocycles. The molecule has 0 bridgehead atoms. The molecule has 2 heterocycles. The molecule has 0 saturated carbocycles. The van der Waals surface area contributed by atoms with Crippen molar-refractivity contribution in [3.63, 3.8) is 0 Å². The molecule has 2 saturated heterocycles. The van der Waals surface area contributed by atoms with Crippen molar-refractivity contribution in [2.24, 2.45) is 5.92 Å². The molecule has 2 atom stereocenters. The van der Waals surface area contributed by atoms with Gasteiger partial charge in [0.05, 0.1) is 0 Å². The van der Waals surface area contributed by atoms with Crippen LogP contribution in [0.1, 0.15) is 43.0 Å². The summed E-state index contributed by atoms with van der Waals surface area (Å²) in [5.74, 6) is 0.251. The number of piperidine rings is 2. The quantitative estimate of drug-likeness (QED) is 0.807. The van der Waals surface area contributed by atoms with Crippen LogP contribution in [0.15, 0.2) is 42.5 Å². The van der Waals surface area contributed by atoms with Crippen molar-refractivity contribution in [2.45, 2.75) is 44.7 Å². The van der Waals surface area contributed by atoms with Gasteiger partial charge in [0.1, 0.15) is 0 Å². The first kappa shape index (κ1) is 21.6. The van der Waals surface area contributed by atoms with Crippen LogP contribution in [0.3, 0.4) is 0 Å². The van der Waals surface area contributed by atoms with Gasteiger partial charge in [-0.15, -0.1) is 12.4 Å². The highest BCUT2D eigenvalue weighted by atomic mass is 35.5. The Labute approximate surface area is 178 Å². The molecule has 2 fully saturated rings. The van der Waals surface area contributed by atoms with E-state index in [4.69, 9.17) is 0 Å². The number of fused-ring (bicyclic) bond motifs is 1. The first-order valence-corrected chi connectivity index (χ1v) is 10.4. The summed E-state index contributed by atoms with van der Waals surface area (Å²) in [5.41, 5.74) is 0.754. The molecular weight excluding hydrogens is 386 g/mol. The molecular formula is C23H30ClN3O2. The highest BCUT2D eigenvalue weighted by Gasteiger charge is 2.30. The van der Waals surface area contributed by atoms with Crippen molar-refractivity contribution < 1.29 is 9.59 Å². The Morgan fingerprint density at radius 3 is 2.52 bits per heavy atom. The Kier molecular flexibility index (Phi) is 7.14. The van der Waals surface area contributed by atoms with Crippen LogP contribution in [0.2, 0.25) is 0 Å². The maximum absolute atomic E-state index is 13.1. The smallest absolute Gasteiger partial charge is 0.254 e. The fourth-order valence-corrected chi connectivity index (χ4v) is 4.51. The second kappa shape index (κ2) is 9.59. The zero-order valence-corrected chi connectivity index (χ0v) is 17.7. The van der Waals surface area contributed by atoms with Gasteiger partial charge in [0.2, 0.25) is 5.91 Å². The molecule has 156 valence electrons. The molecule has 2 N–H and O–H groups in total. The summed E-state index contributed by atoms with van der Waals surface area (Å²) in [6, 6.07) is 14.6. The van der Waals surface area contributed by atoms with E-state index >= 15 is 0 Å². The van der Waals surface area contributed by atoms with Gasteiger partial charge in [-0.1, -0.05) is 36.4 Å². The van der Waals surface area contributed by atoms with Crippen LogP contribution < -0.4 is 10.6 Å². The molecule has 5 nitrogen and oxygen atoms in total. The summed E-state index contributed by atoms with van der Waals surface area (Å²) in [6.07, 6.45) is 3.46. The summed E-state index contributed by atoms with van der Waals surface area (Å²) < 4.78 is 0. The molecule has 6 heteroatoms. The molecule has 0 aromatic heterocycles. The van der Waals surface area contributed by atoms with Gasteiger partial charge >= 0.3 is 0 Å². The van der Waals surface area contributed by atoms with E-state index in [0.29, 0.717) is 19.1 Å². The lowest BCUT2D eigenvalue weighted by Crippen LogP contribution is -2.49. The summed E-state index contributed by atoms with van der Waals surface area (Å²) in [7, 11) is 0. The largest absolute Gasteiger partial charge is 0.353 e. The minimum absolute atomic E-state index is 0. The van der Waals surface area contributed by atoms with E-state index in [-0.39, 0.29) is 36.2 Å². The van der Waals surface area contributed by atoms with Crippen molar-refractivity contribution in [1.29, 1.82) is 0 Å². The fourth-order valence-electron chi connectivity index (χ4n) is 4.51. The Hall–Kier alpha value is -2.11. The van der Waals surface area contributed by atoms with E-state index < -0.39 is 0 Å². The maximum atomic E-state index is 13.1. The third-order valence-corrected chi connectivity index (χ3v) is 6.14. The lowest BCUT2D eigenvalue weighted by atomic mass is 9.93. The normalized spacial score (nSPS) is 22.7. The van der Waals surface area contributed by atoms with Gasteiger partial charge in [-0.05, 0) is 56.0 Å². The number of hydrogen-bond acceptors (Lipinski definition) is 3. The minimum atomic E-state index is 0. The summed E-state index contributed by atoms with van der Waals surface area (Å²) in [4.78, 5) is 27.6. The molecule has 2 aromatic carbocycles. The third-order valence-electron chi connectivity index (χ3n) is 6.14. The first-order chi connectivity index (χ1) is 13.6. The van der Waals surface area contributed by atoms with Crippen LogP contribution >= 0.6 is 12.4 Å². The summed E-state index contributed by atoms with van der Waals surface area (Å²) >= 11 is 0. The lowest BCUT2D eigenvalue weighted by Gasteiger charge is -2.34. The van der Waals surface area contributed by atoms with Gasteiger partial charge < -0.3 is 15.5 Å². The number of nitrogens with one attached hydrogen (secondary N) is 2. The zero-order valence-electron chi connectivity index (χ0n) is 16.9. The fraction of sp³-hybridized carbons (Fsp3) is 0.478. The molecule has 0 radical (unpaired) electrons. The average molecular weight is 416 g/mol. The van der Waals surface area contributed by atoms with Crippen molar-refractivity contribution in [3.05, 3.63) is 48.0 Å². The van der Waals surface area contributed by atoms with Crippen LogP contribution in [0, 0.1) is 5.92 Å². The van der Waals surface area contributed by atoms with Gasteiger partial charge in [0.15, 0.2) is 0 Å². The van der Waals surface area contributed by atoms with Gasteiger partial charge in [0.25, 0.3) is 5.91 Å². The van der Waals surface area contributed by atoms with E-state index in [1.54, 1.807) is 0 Å². The van der Waals surface area contributed by atoms with Crippen molar-refractivity contribution >= 4 is 35.0 Å². The van der Waals surface area contributed by atoms with E-state index in [2.05, 4.69) is 17.6 Å². The predicted molar refractivity (Wildman–Crippen MR) is 118 cm³/mol. The number of nitrogens with zero attached hydrogens (tertiary/aromatic N) is 1. The number of likely N-dealkylation sites (tertiary alicyclic amines) is 1. The van der Waals surface area contributed by atoms with Crippen LogP contribution in [0.4, 0.5) is 0 Å². The highest BCUT2D eigenvalue weighted by molar-refractivity contribution is 6.07. The summed E-state index contributed by atoms with van der Waals surface area (Å²) in [6.45, 7) is 4.41. The first-order valence-electron chi connectivity index (χ1n) is 10.4. The molecule has 29 heavy (non-hydrogen) atoms. The van der Waals surface area contributed by atoms with Crippen LogP contribution in [-0.2, 0) is 4.79 Å². The van der Waals surface area contributed by atoms with Gasteiger partial charge in [0, 0.05) is 36.7 Å². The van der Waals surface area contributed by atoms with Crippen molar-refractivity contribution in [3.8, 4) is 0 Å². The van der Waals surface area contributed by atoms with Crippen molar-refractivity contribution in [1.82, 2.24) is 15.5 Å². The molecule has 2 aliphatic heterocycles. The zero-order chi connectivity index (χ0) is 19.5. The third kappa shape index (κ3) is 4.90. The van der Waals surface area contributed by atoms with Gasteiger partial charge in [-0.2, -0.15) is 0 Å². The number of hydrogen-bond donors (Lipinski definition) is 2. The second-order valence-corrected chi connectivity index (χ2v) is 8.18. The van der Waals surface area contributed by atoms with E-state index in [0.717, 1.165) is 48.6 Å². The molecule has 2 unspecified atom stereocenters. The Balaban J connectivity index is 0.00000240. The number of halogens is 1. The standard InChI is InChI=1S/C23H29N3O2.ClH/c1-16-15-19(9-12-24-16)25-22(27)18-10-13-26(14-11-18)23(28)21-8-4-6-17-5-2-3-7-20(17)21;/h2-8,16,18-19,24H,9-15H2,1H3,(H,25,27);1H. The number of amides is 2. The SMILES string of the molecule is CC1CC(NC(=O)C2CCN(C(=O)c3cccc4ccccc34)CC2)CCN1.Cl. The average Bonchev–Trinajstić information content (AvgIpc) is 2.73. The highest BCUT2D eigenvalue weighted by Crippen LogP contribution is 2.24. The summed E-state index contributed by atoms with van der Waals surface area (Å²) in [5, 5.41) is 8.73.